The highest BCUT2D eigenvalue weighted by atomic mass is 16.4. The second-order valence-electron chi connectivity index (χ2n) is 5.29. The molecule has 1 heterocycles. The van der Waals surface area contributed by atoms with E-state index in [-0.39, 0.29) is 6.42 Å². The van der Waals surface area contributed by atoms with Crippen LogP contribution in [0.3, 0.4) is 0 Å². The van der Waals surface area contributed by atoms with Gasteiger partial charge in [0.05, 0.1) is 0 Å². The number of carboxylic acid groups (broad SMARTS) is 1. The third-order valence-electron chi connectivity index (χ3n) is 3.57. The van der Waals surface area contributed by atoms with Crippen molar-refractivity contribution in [3.63, 3.8) is 0 Å². The van der Waals surface area contributed by atoms with Crippen molar-refractivity contribution in [2.75, 3.05) is 7.05 Å². The number of H-pyrrole nitrogens is 1. The number of likely N-dealkylation sites (N-methyl/N-ethyl adjacent to an activating group) is 1. The van der Waals surface area contributed by atoms with Gasteiger partial charge in [-0.1, -0.05) is 18.2 Å². The molecule has 1 unspecified atom stereocenters. The van der Waals surface area contributed by atoms with Crippen molar-refractivity contribution in [2.45, 2.75) is 12.5 Å². The highest BCUT2D eigenvalue weighted by Gasteiger charge is 2.25. The summed E-state index contributed by atoms with van der Waals surface area (Å²) in [6, 6.07) is 6.47. The van der Waals surface area contributed by atoms with Crippen molar-refractivity contribution < 1.29 is 19.5 Å². The molecule has 8 heteroatoms. The lowest BCUT2D eigenvalue weighted by atomic mass is 10.0. The number of fused-ring (bicyclic) bond motifs is 1. The number of carboxylic acids is 1. The van der Waals surface area contributed by atoms with Crippen molar-refractivity contribution in [1.82, 2.24) is 15.2 Å². The van der Waals surface area contributed by atoms with Crippen LogP contribution in [0.15, 0.2) is 42.6 Å². The Morgan fingerprint density at radius 2 is 2.08 bits per heavy atom. The van der Waals surface area contributed by atoms with Crippen molar-refractivity contribution in [3.05, 3.63) is 48.2 Å². The van der Waals surface area contributed by atoms with Crippen LogP contribution < -0.4 is 5.32 Å². The number of rotatable bonds is 6. The minimum atomic E-state index is -1.27. The van der Waals surface area contributed by atoms with Crippen LogP contribution in [0, 0.1) is 11.5 Å². The smallest absolute Gasteiger partial charge is 0.328 e. The van der Waals surface area contributed by atoms with Crippen LogP contribution in [0.1, 0.15) is 5.56 Å². The van der Waals surface area contributed by atoms with Crippen LogP contribution in [0.2, 0.25) is 0 Å². The Kier molecular flexibility index (Phi) is 5.53. The summed E-state index contributed by atoms with van der Waals surface area (Å²) >= 11 is 0. The Balaban J connectivity index is 2.25. The van der Waals surface area contributed by atoms with Crippen molar-refractivity contribution in [2.24, 2.45) is 0 Å². The van der Waals surface area contributed by atoms with E-state index in [0.29, 0.717) is 6.08 Å². The van der Waals surface area contributed by atoms with Crippen LogP contribution in [0.5, 0.6) is 0 Å². The van der Waals surface area contributed by atoms with Gasteiger partial charge in [-0.2, -0.15) is 5.26 Å². The summed E-state index contributed by atoms with van der Waals surface area (Å²) in [6.45, 7) is 0. The number of nitriles is 1. The van der Waals surface area contributed by atoms with Gasteiger partial charge in [0.1, 0.15) is 6.04 Å². The first-order valence-electron chi connectivity index (χ1n) is 7.36. The Morgan fingerprint density at radius 1 is 1.36 bits per heavy atom. The molecule has 128 valence electrons. The van der Waals surface area contributed by atoms with Gasteiger partial charge in [-0.25, -0.2) is 4.79 Å². The van der Waals surface area contributed by atoms with Crippen LogP contribution in [0.25, 0.3) is 10.9 Å². The summed E-state index contributed by atoms with van der Waals surface area (Å²) < 4.78 is 0. The van der Waals surface area contributed by atoms with Crippen LogP contribution in [-0.4, -0.2) is 45.9 Å². The highest BCUT2D eigenvalue weighted by Crippen LogP contribution is 2.19. The van der Waals surface area contributed by atoms with E-state index in [1.807, 2.05) is 24.3 Å². The molecule has 3 N–H and O–H groups in total. The Labute approximate surface area is 143 Å². The van der Waals surface area contributed by atoms with Crippen molar-refractivity contribution >= 4 is 28.7 Å². The van der Waals surface area contributed by atoms with Gasteiger partial charge < -0.3 is 15.4 Å². The highest BCUT2D eigenvalue weighted by molar-refractivity contribution is 5.97. The molecular formula is C17H16N4O4. The second kappa shape index (κ2) is 7.79. The maximum absolute atomic E-state index is 12.3. The third-order valence-corrected chi connectivity index (χ3v) is 3.57. The number of nitrogens with one attached hydrogen (secondary N) is 2. The summed E-state index contributed by atoms with van der Waals surface area (Å²) in [6.07, 6.45) is 5.09. The third kappa shape index (κ3) is 4.45. The van der Waals surface area contributed by atoms with E-state index in [9.17, 15) is 14.4 Å². The maximum atomic E-state index is 12.3. The van der Waals surface area contributed by atoms with Gasteiger partial charge in [-0.15, -0.1) is 0 Å². The number of aromatic nitrogens is 1. The molecule has 0 radical (unpaired) electrons. The van der Waals surface area contributed by atoms with E-state index in [2.05, 4.69) is 10.3 Å². The minimum absolute atomic E-state index is 0.154. The molecule has 1 atom stereocenters. The average Bonchev–Trinajstić information content (AvgIpc) is 3.01. The minimum Gasteiger partial charge on any atom is -0.478 e. The molecule has 2 amide bonds. The second-order valence-corrected chi connectivity index (χ2v) is 5.29. The number of benzene rings is 1. The molecule has 1 aromatic carbocycles. The molecule has 2 rings (SSSR count). The first-order valence-corrected chi connectivity index (χ1v) is 7.36. The largest absolute Gasteiger partial charge is 0.478 e. The zero-order valence-electron chi connectivity index (χ0n) is 13.4. The van der Waals surface area contributed by atoms with E-state index in [4.69, 9.17) is 10.4 Å². The zero-order chi connectivity index (χ0) is 18.4. The molecule has 0 fully saturated rings. The molecule has 0 aliphatic carbocycles. The number of carbonyl (C=O) groups is 3. The number of amides is 2. The first kappa shape index (κ1) is 17.7. The fourth-order valence-corrected chi connectivity index (χ4v) is 2.37. The number of aliphatic carboxylic acids is 1. The van der Waals surface area contributed by atoms with Gasteiger partial charge in [0.15, 0.2) is 6.19 Å². The number of hydrogen-bond donors (Lipinski definition) is 3. The summed E-state index contributed by atoms with van der Waals surface area (Å²) in [5.74, 6) is -2.60. The number of nitrogens with zero attached hydrogens (tertiary/aromatic N) is 2. The predicted molar refractivity (Wildman–Crippen MR) is 89.1 cm³/mol. The molecule has 25 heavy (non-hydrogen) atoms. The van der Waals surface area contributed by atoms with Crippen LogP contribution in [-0.2, 0) is 20.8 Å². The molecule has 8 nitrogen and oxygen atoms in total. The number of carbonyl (C=O) groups excluding carboxylic acids is 2. The van der Waals surface area contributed by atoms with E-state index < -0.39 is 23.8 Å². The van der Waals surface area contributed by atoms with Gasteiger partial charge in [0, 0.05) is 42.7 Å². The van der Waals surface area contributed by atoms with E-state index >= 15 is 0 Å². The number of aromatic amines is 1. The van der Waals surface area contributed by atoms with Gasteiger partial charge >= 0.3 is 5.97 Å². The molecular weight excluding hydrogens is 324 g/mol. The SMILES string of the molecule is CN(C#N)C(=O)C(Cc1c[nH]c2ccccc12)NC(=O)/C=C/C(=O)O. The fourth-order valence-electron chi connectivity index (χ4n) is 2.37. The fraction of sp³-hybridized carbons (Fsp3) is 0.176. The van der Waals surface area contributed by atoms with Crippen molar-refractivity contribution in [1.29, 1.82) is 5.26 Å². The number of hydrogen-bond acceptors (Lipinski definition) is 4. The zero-order valence-corrected chi connectivity index (χ0v) is 13.4. The monoisotopic (exact) mass is 340 g/mol. The standard InChI is InChI=1S/C17H16N4O4/c1-21(10-18)17(25)14(20-15(22)6-7-16(23)24)8-11-9-19-13-5-3-2-4-12(11)13/h2-7,9,14,19H,8H2,1H3,(H,20,22)(H,23,24)/b7-6+. The molecule has 1 aromatic heterocycles. The molecule has 0 bridgehead atoms. The summed E-state index contributed by atoms with van der Waals surface area (Å²) in [7, 11) is 1.30. The van der Waals surface area contributed by atoms with E-state index in [1.54, 1.807) is 12.4 Å². The Bertz CT molecular complexity index is 878. The maximum Gasteiger partial charge on any atom is 0.328 e. The lowest BCUT2D eigenvalue weighted by Gasteiger charge is -2.19. The van der Waals surface area contributed by atoms with Gasteiger partial charge in [0.25, 0.3) is 5.91 Å². The van der Waals surface area contributed by atoms with Gasteiger partial charge in [-0.05, 0) is 11.6 Å². The topological polar surface area (TPSA) is 126 Å². The van der Waals surface area contributed by atoms with E-state index in [1.165, 1.54) is 7.05 Å². The lowest BCUT2D eigenvalue weighted by molar-refractivity contribution is -0.132. The van der Waals surface area contributed by atoms with Crippen LogP contribution in [0.4, 0.5) is 0 Å². The summed E-state index contributed by atoms with van der Waals surface area (Å²) in [5, 5.41) is 20.8. The average molecular weight is 340 g/mol. The number of para-hydroxylation sites is 1. The molecule has 0 aliphatic rings. The molecule has 2 aromatic rings. The Morgan fingerprint density at radius 3 is 2.76 bits per heavy atom. The molecule has 0 saturated carbocycles. The van der Waals surface area contributed by atoms with Crippen molar-refractivity contribution in [3.8, 4) is 6.19 Å². The summed E-state index contributed by atoms with van der Waals surface area (Å²) in [5.41, 5.74) is 1.68. The quantitative estimate of drug-likeness (QED) is 0.407. The van der Waals surface area contributed by atoms with Crippen LogP contribution >= 0.6 is 0 Å². The first-order chi connectivity index (χ1) is 11.9. The molecule has 0 spiro atoms. The summed E-state index contributed by atoms with van der Waals surface area (Å²) in [4.78, 5) is 38.6. The molecule has 0 aliphatic heterocycles. The normalized spacial score (nSPS) is 11.8. The van der Waals surface area contributed by atoms with Gasteiger partial charge in [0.2, 0.25) is 5.91 Å². The molecule has 0 saturated heterocycles. The predicted octanol–water partition coefficient (Wildman–Crippen LogP) is 0.775. The van der Waals surface area contributed by atoms with E-state index in [0.717, 1.165) is 27.4 Å². The van der Waals surface area contributed by atoms with Gasteiger partial charge in [-0.3, -0.25) is 14.5 Å². The Hall–Kier alpha value is -3.60. The lowest BCUT2D eigenvalue weighted by Crippen LogP contribution is -2.47.